The van der Waals surface area contributed by atoms with Gasteiger partial charge in [-0.1, -0.05) is 13.8 Å². The number of hydrogen-bond acceptors (Lipinski definition) is 2. The van der Waals surface area contributed by atoms with Crippen molar-refractivity contribution in [2.24, 2.45) is 5.92 Å². The molecule has 0 radical (unpaired) electrons. The van der Waals surface area contributed by atoms with Gasteiger partial charge in [-0.15, -0.1) is 0 Å². The third-order valence-corrected chi connectivity index (χ3v) is 2.83. The van der Waals surface area contributed by atoms with Crippen molar-refractivity contribution in [2.75, 3.05) is 6.54 Å². The summed E-state index contributed by atoms with van der Waals surface area (Å²) in [6.45, 7) is 5.43. The second-order valence-corrected chi connectivity index (χ2v) is 4.92. The third-order valence-electron chi connectivity index (χ3n) is 2.83. The number of hydrogen-bond donors (Lipinski definition) is 1. The summed E-state index contributed by atoms with van der Waals surface area (Å²) in [6, 6.07) is -0.335. The van der Waals surface area contributed by atoms with Gasteiger partial charge in [0.05, 0.1) is 18.6 Å². The molecule has 3 nitrogen and oxygen atoms in total. The number of halogens is 3. The Kier molecular flexibility index (Phi) is 4.41. The maximum absolute atomic E-state index is 12.1. The van der Waals surface area contributed by atoms with Gasteiger partial charge >= 0.3 is 6.18 Å². The van der Waals surface area contributed by atoms with Gasteiger partial charge in [-0.05, 0) is 19.3 Å². The molecule has 1 heterocycles. The summed E-state index contributed by atoms with van der Waals surface area (Å²) < 4.78 is 36.3. The Morgan fingerprint density at radius 1 is 1.41 bits per heavy atom. The van der Waals surface area contributed by atoms with Gasteiger partial charge in [0, 0.05) is 6.54 Å². The van der Waals surface area contributed by atoms with E-state index in [1.807, 2.05) is 13.8 Å². The molecule has 17 heavy (non-hydrogen) atoms. The standard InChI is InChI=1S/C11H19F3N2O/c1-7(2)6-9-10(17)16(8(3)15-9)5-4-11(12,13)14/h7-9,15H,4-6H2,1-3H3. The summed E-state index contributed by atoms with van der Waals surface area (Å²) in [5.74, 6) is 0.127. The number of rotatable bonds is 4. The second kappa shape index (κ2) is 5.25. The Bertz CT molecular complexity index is 278. The normalized spacial score (nSPS) is 26.1. The first kappa shape index (κ1) is 14.3. The van der Waals surface area contributed by atoms with Crippen LogP contribution in [0.15, 0.2) is 0 Å². The predicted molar refractivity (Wildman–Crippen MR) is 58.2 cm³/mol. The largest absolute Gasteiger partial charge is 0.390 e. The van der Waals surface area contributed by atoms with Crippen molar-refractivity contribution in [1.29, 1.82) is 0 Å². The van der Waals surface area contributed by atoms with Gasteiger partial charge in [0.15, 0.2) is 0 Å². The van der Waals surface area contributed by atoms with Gasteiger partial charge in [-0.25, -0.2) is 0 Å². The lowest BCUT2D eigenvalue weighted by molar-refractivity contribution is -0.144. The average molecular weight is 252 g/mol. The highest BCUT2D eigenvalue weighted by Crippen LogP contribution is 2.23. The summed E-state index contributed by atoms with van der Waals surface area (Å²) in [5.41, 5.74) is 0. The minimum absolute atomic E-state index is 0.213. The van der Waals surface area contributed by atoms with Crippen LogP contribution in [-0.2, 0) is 4.79 Å². The molecule has 100 valence electrons. The maximum Gasteiger partial charge on any atom is 0.390 e. The molecule has 1 aliphatic rings. The van der Waals surface area contributed by atoms with E-state index in [0.29, 0.717) is 12.3 Å². The molecular formula is C11H19F3N2O. The van der Waals surface area contributed by atoms with Gasteiger partial charge in [-0.3, -0.25) is 10.1 Å². The molecule has 0 saturated carbocycles. The third kappa shape index (κ3) is 4.18. The van der Waals surface area contributed by atoms with E-state index in [0.717, 1.165) is 0 Å². The Morgan fingerprint density at radius 3 is 2.47 bits per heavy atom. The van der Waals surface area contributed by atoms with Crippen molar-refractivity contribution in [3.05, 3.63) is 0 Å². The lowest BCUT2D eigenvalue weighted by atomic mass is 10.0. The molecule has 0 aromatic carbocycles. The minimum Gasteiger partial charge on any atom is -0.326 e. The van der Waals surface area contributed by atoms with Crippen LogP contribution in [0, 0.1) is 5.92 Å². The Balaban J connectivity index is 2.54. The van der Waals surface area contributed by atoms with E-state index in [1.54, 1.807) is 6.92 Å². The molecular weight excluding hydrogens is 233 g/mol. The first-order valence-corrected chi connectivity index (χ1v) is 5.84. The van der Waals surface area contributed by atoms with Crippen LogP contribution >= 0.6 is 0 Å². The Hall–Kier alpha value is -0.780. The summed E-state index contributed by atoms with van der Waals surface area (Å²) in [6.07, 6.45) is -4.81. The molecule has 2 unspecified atom stereocenters. The molecule has 0 bridgehead atoms. The topological polar surface area (TPSA) is 32.3 Å². The fraction of sp³-hybridized carbons (Fsp3) is 0.909. The van der Waals surface area contributed by atoms with Gasteiger partial charge in [0.2, 0.25) is 5.91 Å². The SMILES string of the molecule is CC(C)CC1NC(C)N(CCC(F)(F)F)C1=O. The van der Waals surface area contributed by atoms with Crippen LogP contribution < -0.4 is 5.32 Å². The number of nitrogens with one attached hydrogen (secondary N) is 1. The zero-order chi connectivity index (χ0) is 13.2. The summed E-state index contributed by atoms with van der Waals surface area (Å²) >= 11 is 0. The molecule has 1 aliphatic heterocycles. The molecule has 1 fully saturated rings. The van der Waals surface area contributed by atoms with Crippen LogP contribution in [0.2, 0.25) is 0 Å². The molecule has 6 heteroatoms. The number of carbonyl (C=O) groups excluding carboxylic acids is 1. The highest BCUT2D eigenvalue weighted by Gasteiger charge is 2.38. The van der Waals surface area contributed by atoms with Crippen molar-refractivity contribution in [3.63, 3.8) is 0 Å². The molecule has 0 aromatic heterocycles. The monoisotopic (exact) mass is 252 g/mol. The van der Waals surface area contributed by atoms with Gasteiger partial charge in [-0.2, -0.15) is 13.2 Å². The van der Waals surface area contributed by atoms with Crippen LogP contribution in [0.1, 0.15) is 33.6 Å². The summed E-state index contributed by atoms with van der Waals surface area (Å²) in [5, 5.41) is 3.03. The van der Waals surface area contributed by atoms with Crippen LogP contribution in [0.5, 0.6) is 0 Å². The minimum atomic E-state index is -4.21. The van der Waals surface area contributed by atoms with Gasteiger partial charge < -0.3 is 4.90 Å². The summed E-state index contributed by atoms with van der Waals surface area (Å²) in [4.78, 5) is 13.1. The van der Waals surface area contributed by atoms with E-state index < -0.39 is 12.6 Å². The first-order chi connectivity index (χ1) is 7.70. The van der Waals surface area contributed by atoms with E-state index in [-0.39, 0.29) is 24.7 Å². The zero-order valence-corrected chi connectivity index (χ0v) is 10.3. The van der Waals surface area contributed by atoms with Crippen molar-refractivity contribution in [2.45, 2.75) is 52.0 Å². The zero-order valence-electron chi connectivity index (χ0n) is 10.3. The fourth-order valence-electron chi connectivity index (χ4n) is 2.03. The van der Waals surface area contributed by atoms with E-state index in [4.69, 9.17) is 0 Å². The van der Waals surface area contributed by atoms with Crippen molar-refractivity contribution < 1.29 is 18.0 Å². The van der Waals surface area contributed by atoms with E-state index in [9.17, 15) is 18.0 Å². The van der Waals surface area contributed by atoms with Crippen LogP contribution in [0.4, 0.5) is 13.2 Å². The molecule has 1 saturated heterocycles. The lowest BCUT2D eigenvalue weighted by Gasteiger charge is -2.21. The number of amides is 1. The van der Waals surface area contributed by atoms with Crippen LogP contribution in [0.3, 0.4) is 0 Å². The Labute approximate surface area is 99.4 Å². The quantitative estimate of drug-likeness (QED) is 0.831. The van der Waals surface area contributed by atoms with Crippen LogP contribution in [0.25, 0.3) is 0 Å². The first-order valence-electron chi connectivity index (χ1n) is 5.84. The number of nitrogens with zero attached hydrogens (tertiary/aromatic N) is 1. The maximum atomic E-state index is 12.1. The molecule has 1 rings (SSSR count). The molecule has 1 amide bonds. The number of carbonyl (C=O) groups is 1. The molecule has 1 N–H and O–H groups in total. The second-order valence-electron chi connectivity index (χ2n) is 4.92. The Morgan fingerprint density at radius 2 is 2.00 bits per heavy atom. The van der Waals surface area contributed by atoms with E-state index in [2.05, 4.69) is 5.32 Å². The highest BCUT2D eigenvalue weighted by atomic mass is 19.4. The number of alkyl halides is 3. The molecule has 0 spiro atoms. The molecule has 0 aliphatic carbocycles. The van der Waals surface area contributed by atoms with Gasteiger partial charge in [0.1, 0.15) is 0 Å². The fourth-order valence-corrected chi connectivity index (χ4v) is 2.03. The van der Waals surface area contributed by atoms with Crippen LogP contribution in [-0.4, -0.2) is 35.7 Å². The average Bonchev–Trinajstić information content (AvgIpc) is 2.37. The molecule has 2 atom stereocenters. The predicted octanol–water partition coefficient (Wildman–Crippen LogP) is 2.13. The lowest BCUT2D eigenvalue weighted by Crippen LogP contribution is -2.37. The van der Waals surface area contributed by atoms with Crippen molar-refractivity contribution in [3.8, 4) is 0 Å². The van der Waals surface area contributed by atoms with Crippen molar-refractivity contribution >= 4 is 5.91 Å². The highest BCUT2D eigenvalue weighted by molar-refractivity contribution is 5.84. The van der Waals surface area contributed by atoms with Gasteiger partial charge in [0.25, 0.3) is 0 Å². The van der Waals surface area contributed by atoms with Crippen molar-refractivity contribution in [1.82, 2.24) is 10.2 Å². The summed E-state index contributed by atoms with van der Waals surface area (Å²) in [7, 11) is 0. The van der Waals surface area contributed by atoms with E-state index in [1.165, 1.54) is 4.90 Å². The molecule has 0 aromatic rings. The smallest absolute Gasteiger partial charge is 0.326 e. The van der Waals surface area contributed by atoms with E-state index >= 15 is 0 Å².